The molecule has 1 aromatic rings. The average Bonchev–Trinajstić information content (AvgIpc) is 2.99. The van der Waals surface area contributed by atoms with Gasteiger partial charge in [-0.3, -0.25) is 14.7 Å². The van der Waals surface area contributed by atoms with Gasteiger partial charge in [-0.05, 0) is 98.1 Å². The molecule has 0 radical (unpaired) electrons. The Balaban J connectivity index is 1.18. The van der Waals surface area contributed by atoms with Crippen molar-refractivity contribution in [2.24, 2.45) is 5.92 Å². The van der Waals surface area contributed by atoms with Crippen molar-refractivity contribution in [2.75, 3.05) is 38.0 Å². The van der Waals surface area contributed by atoms with Crippen molar-refractivity contribution < 1.29 is 29.0 Å². The number of aromatic nitrogens is 2. The van der Waals surface area contributed by atoms with E-state index >= 15 is 0 Å². The summed E-state index contributed by atoms with van der Waals surface area (Å²) in [5.74, 6) is 0.253. The molecular weight excluding hydrogens is 608 g/mol. The molecule has 2 aliphatic carbocycles. The molecule has 4 rings (SSSR count). The van der Waals surface area contributed by atoms with Crippen LogP contribution in [0.5, 0.6) is 0 Å². The number of nitrogens with zero attached hydrogens (tertiary/aromatic N) is 4. The number of hydrogen-bond acceptors (Lipinski definition) is 8. The van der Waals surface area contributed by atoms with Crippen LogP contribution in [0, 0.1) is 5.92 Å². The normalized spacial score (nSPS) is 22.1. The maximum Gasteiger partial charge on any atom is 0.407 e. The molecule has 3 aliphatic rings. The first kappa shape index (κ1) is 35.7. The third-order valence-corrected chi connectivity index (χ3v) is 8.80. The highest BCUT2D eigenvalue weighted by atomic mass is 16.6. The fourth-order valence-electron chi connectivity index (χ4n) is 6.24. The third-order valence-electron chi connectivity index (χ3n) is 8.80. The van der Waals surface area contributed by atoms with Crippen LogP contribution in [0.25, 0.3) is 5.70 Å². The molecule has 47 heavy (non-hydrogen) atoms. The largest absolute Gasteiger partial charge is 0.465 e. The predicted molar refractivity (Wildman–Crippen MR) is 176 cm³/mol. The maximum absolute atomic E-state index is 12.9. The molecule has 5 N–H and O–H groups in total. The summed E-state index contributed by atoms with van der Waals surface area (Å²) in [6.45, 7) is 10.5. The first-order valence-corrected chi connectivity index (χ1v) is 16.5. The van der Waals surface area contributed by atoms with Crippen molar-refractivity contribution in [3.63, 3.8) is 0 Å². The number of anilines is 1. The number of nitrogens with one attached hydrogen (secondary N) is 4. The van der Waals surface area contributed by atoms with Crippen molar-refractivity contribution >= 4 is 35.6 Å². The molecule has 1 unspecified atom stereocenters. The quantitative estimate of drug-likeness (QED) is 0.280. The number of carboxylic acid groups (broad SMARTS) is 1. The van der Waals surface area contributed by atoms with Gasteiger partial charge in [-0.1, -0.05) is 6.08 Å². The minimum absolute atomic E-state index is 0.145. The number of urea groups is 1. The Hall–Kier alpha value is -4.14. The fourth-order valence-corrected chi connectivity index (χ4v) is 6.24. The van der Waals surface area contributed by atoms with Crippen LogP contribution in [0.2, 0.25) is 0 Å². The maximum atomic E-state index is 12.9. The summed E-state index contributed by atoms with van der Waals surface area (Å²) in [7, 11) is 0. The minimum atomic E-state index is -1.28. The van der Waals surface area contributed by atoms with Gasteiger partial charge >= 0.3 is 23.9 Å². The zero-order chi connectivity index (χ0) is 34.4. The summed E-state index contributed by atoms with van der Waals surface area (Å²) in [6.07, 6.45) is 8.45. The standard InChI is InChI=1S/C32H50N8O7/c1-31(2,3)47-30(46)34-23-10-8-22(9-11-23)33-20-21-6-12-24(13-7-21)40-15-14-25(36-28(40)43)35-27(42)39-18-16-38(17-19-39)26(41)32(4,5)37-29(44)45/h12,14-15,21-23,33,37H,6-11,13,16-20H2,1-5H3,(H,34,46)(H,44,45)(H,35,36,42,43). The second-order valence-corrected chi connectivity index (χ2v) is 14.2. The van der Waals surface area contributed by atoms with E-state index in [1.54, 1.807) is 12.3 Å². The van der Waals surface area contributed by atoms with Gasteiger partial charge in [0, 0.05) is 50.2 Å². The number of piperazine rings is 1. The number of hydrogen-bond donors (Lipinski definition) is 5. The summed E-state index contributed by atoms with van der Waals surface area (Å²) in [4.78, 5) is 68.6. The SMILES string of the molecule is CC(C)(C)OC(=O)NC1CCC(NCC2CC=C(n3ccc(NC(=O)N4CCN(C(=O)C(C)(C)NC(=O)O)CC4)nc3=O)CC2)CC1. The summed E-state index contributed by atoms with van der Waals surface area (Å²) < 4.78 is 6.90. The molecule has 15 nitrogen and oxygen atoms in total. The lowest BCUT2D eigenvalue weighted by Gasteiger charge is -2.38. The zero-order valence-corrected chi connectivity index (χ0v) is 28.1. The highest BCUT2D eigenvalue weighted by Crippen LogP contribution is 2.26. The van der Waals surface area contributed by atoms with Gasteiger partial charge in [0.1, 0.15) is 17.0 Å². The molecule has 0 aromatic carbocycles. The predicted octanol–water partition coefficient (Wildman–Crippen LogP) is 3.03. The first-order chi connectivity index (χ1) is 22.1. The number of carbonyl (C=O) groups is 4. The highest BCUT2D eigenvalue weighted by Gasteiger charge is 2.36. The molecule has 1 saturated carbocycles. The molecular formula is C32H50N8O7. The molecule has 1 aliphatic heterocycles. The Labute approximate surface area is 275 Å². The van der Waals surface area contributed by atoms with Gasteiger partial charge in [-0.2, -0.15) is 4.98 Å². The van der Waals surface area contributed by atoms with E-state index in [4.69, 9.17) is 9.84 Å². The van der Waals surface area contributed by atoms with E-state index in [-0.39, 0.29) is 50.0 Å². The summed E-state index contributed by atoms with van der Waals surface area (Å²) >= 11 is 0. The van der Waals surface area contributed by atoms with Crippen LogP contribution in [0.15, 0.2) is 23.1 Å². The number of amides is 5. The third kappa shape index (κ3) is 10.4. The van der Waals surface area contributed by atoms with E-state index in [1.807, 2.05) is 20.8 Å². The Morgan fingerprint density at radius 2 is 1.60 bits per heavy atom. The lowest BCUT2D eigenvalue weighted by molar-refractivity contribution is -0.138. The Morgan fingerprint density at radius 3 is 2.17 bits per heavy atom. The van der Waals surface area contributed by atoms with Crippen LogP contribution in [0.1, 0.15) is 79.6 Å². The van der Waals surface area contributed by atoms with Crippen LogP contribution in [-0.4, -0.2) is 105 Å². The van der Waals surface area contributed by atoms with Gasteiger partial charge < -0.3 is 35.6 Å². The van der Waals surface area contributed by atoms with Gasteiger partial charge in [0.15, 0.2) is 0 Å². The summed E-state index contributed by atoms with van der Waals surface area (Å²) in [5.41, 5.74) is -1.35. The topological polar surface area (TPSA) is 187 Å². The van der Waals surface area contributed by atoms with Gasteiger partial charge in [-0.25, -0.2) is 19.2 Å². The molecule has 1 saturated heterocycles. The Bertz CT molecular complexity index is 1390. The fraction of sp³-hybridized carbons (Fsp3) is 0.688. The lowest BCUT2D eigenvalue weighted by Crippen LogP contribution is -2.60. The number of rotatable bonds is 8. The zero-order valence-electron chi connectivity index (χ0n) is 28.1. The molecule has 2 fully saturated rings. The molecule has 0 bridgehead atoms. The van der Waals surface area contributed by atoms with E-state index in [0.29, 0.717) is 12.0 Å². The molecule has 260 valence electrons. The van der Waals surface area contributed by atoms with Crippen molar-refractivity contribution in [2.45, 2.75) is 103 Å². The van der Waals surface area contributed by atoms with Crippen LogP contribution in [0.4, 0.5) is 20.2 Å². The monoisotopic (exact) mass is 658 g/mol. The van der Waals surface area contributed by atoms with Crippen LogP contribution in [-0.2, 0) is 9.53 Å². The number of alkyl carbamates (subject to hydrolysis) is 1. The second-order valence-electron chi connectivity index (χ2n) is 14.2. The highest BCUT2D eigenvalue weighted by molar-refractivity contribution is 5.90. The van der Waals surface area contributed by atoms with Crippen molar-refractivity contribution in [1.29, 1.82) is 0 Å². The molecule has 1 aromatic heterocycles. The summed E-state index contributed by atoms with van der Waals surface area (Å²) in [6, 6.07) is 1.74. The summed E-state index contributed by atoms with van der Waals surface area (Å²) in [5, 5.41) is 20.6. The van der Waals surface area contributed by atoms with Crippen molar-refractivity contribution in [3.8, 4) is 0 Å². The van der Waals surface area contributed by atoms with Crippen molar-refractivity contribution in [3.05, 3.63) is 28.8 Å². The van der Waals surface area contributed by atoms with E-state index in [1.165, 1.54) is 28.2 Å². The van der Waals surface area contributed by atoms with E-state index < -0.39 is 29.0 Å². The lowest BCUT2D eigenvalue weighted by atomic mass is 9.89. The Morgan fingerprint density at radius 1 is 0.957 bits per heavy atom. The van der Waals surface area contributed by atoms with Gasteiger partial charge in [0.2, 0.25) is 5.91 Å². The van der Waals surface area contributed by atoms with Crippen molar-refractivity contribution in [1.82, 2.24) is 35.3 Å². The molecule has 15 heteroatoms. The smallest absolute Gasteiger partial charge is 0.407 e. The second kappa shape index (κ2) is 15.2. The number of ether oxygens (including phenoxy) is 1. The minimum Gasteiger partial charge on any atom is -0.465 e. The van der Waals surface area contributed by atoms with Gasteiger partial charge in [-0.15, -0.1) is 0 Å². The van der Waals surface area contributed by atoms with Crippen LogP contribution < -0.4 is 27.0 Å². The van der Waals surface area contributed by atoms with E-state index in [9.17, 15) is 24.0 Å². The number of allylic oxidation sites excluding steroid dienone is 2. The van der Waals surface area contributed by atoms with E-state index in [2.05, 4.69) is 32.3 Å². The van der Waals surface area contributed by atoms with E-state index in [0.717, 1.165) is 57.2 Å². The molecule has 5 amide bonds. The van der Waals surface area contributed by atoms with Gasteiger partial charge in [0.25, 0.3) is 0 Å². The Kier molecular flexibility index (Phi) is 11.5. The first-order valence-electron chi connectivity index (χ1n) is 16.5. The molecule has 1 atom stereocenters. The van der Waals surface area contributed by atoms with Crippen LogP contribution in [0.3, 0.4) is 0 Å². The average molecular weight is 659 g/mol. The molecule has 0 spiro atoms. The molecule has 2 heterocycles. The van der Waals surface area contributed by atoms with Gasteiger partial charge in [0.05, 0.1) is 0 Å². The number of carbonyl (C=O) groups excluding carboxylic acids is 3. The van der Waals surface area contributed by atoms with Crippen LogP contribution >= 0.6 is 0 Å².